The Morgan fingerprint density at radius 3 is 2.95 bits per heavy atom. The average molecular weight is 325 g/mol. The van der Waals surface area contributed by atoms with Crippen molar-refractivity contribution in [3.63, 3.8) is 0 Å². The highest BCUT2D eigenvalue weighted by atomic mass is 79.9. The van der Waals surface area contributed by atoms with Crippen LogP contribution in [-0.2, 0) is 4.79 Å². The van der Waals surface area contributed by atoms with Gasteiger partial charge in [-0.15, -0.1) is 0 Å². The lowest BCUT2D eigenvalue weighted by Crippen LogP contribution is -2.51. The minimum atomic E-state index is -0.0161. The third-order valence-electron chi connectivity index (χ3n) is 3.53. The molecule has 2 rings (SSSR count). The highest BCUT2D eigenvalue weighted by molar-refractivity contribution is 9.10. The monoisotopic (exact) mass is 324 g/mol. The van der Waals surface area contributed by atoms with Gasteiger partial charge in [0.15, 0.2) is 0 Å². The predicted molar refractivity (Wildman–Crippen MR) is 82.5 cm³/mol. The maximum atomic E-state index is 12.5. The van der Waals surface area contributed by atoms with Crippen LogP contribution in [0.5, 0.6) is 0 Å². The van der Waals surface area contributed by atoms with Gasteiger partial charge in [0.2, 0.25) is 5.91 Å². The van der Waals surface area contributed by atoms with Crippen LogP contribution in [0.4, 0.5) is 5.69 Å². The Morgan fingerprint density at radius 1 is 1.47 bits per heavy atom. The molecule has 0 saturated carbocycles. The molecule has 1 aromatic carbocycles. The maximum absolute atomic E-state index is 12.5. The van der Waals surface area contributed by atoms with Crippen LogP contribution in [0.1, 0.15) is 31.7 Å². The van der Waals surface area contributed by atoms with Crippen molar-refractivity contribution in [2.45, 2.75) is 39.2 Å². The summed E-state index contributed by atoms with van der Waals surface area (Å²) < 4.78 is 1.08. The molecule has 1 fully saturated rings. The van der Waals surface area contributed by atoms with E-state index in [4.69, 9.17) is 0 Å². The molecule has 3 nitrogen and oxygen atoms in total. The second kappa shape index (κ2) is 6.53. The average Bonchev–Trinajstić information content (AvgIpc) is 2.41. The SMILES string of the molecule is CCCNC1CCCN(c2ccc(Br)c(C)c2)C1=O. The van der Waals surface area contributed by atoms with Crippen molar-refractivity contribution in [3.05, 3.63) is 28.2 Å². The molecular formula is C15H21BrN2O. The van der Waals surface area contributed by atoms with E-state index in [1.807, 2.05) is 17.0 Å². The van der Waals surface area contributed by atoms with E-state index in [-0.39, 0.29) is 11.9 Å². The van der Waals surface area contributed by atoms with Crippen LogP contribution in [0.2, 0.25) is 0 Å². The summed E-state index contributed by atoms with van der Waals surface area (Å²) in [4.78, 5) is 14.4. The van der Waals surface area contributed by atoms with E-state index >= 15 is 0 Å². The first-order valence-corrected chi connectivity index (χ1v) is 7.73. The van der Waals surface area contributed by atoms with Gasteiger partial charge in [0, 0.05) is 16.7 Å². The van der Waals surface area contributed by atoms with Crippen molar-refractivity contribution in [1.82, 2.24) is 5.32 Å². The zero-order valence-corrected chi connectivity index (χ0v) is 13.2. The molecule has 19 heavy (non-hydrogen) atoms. The van der Waals surface area contributed by atoms with Gasteiger partial charge in [0.1, 0.15) is 0 Å². The number of halogens is 1. The first-order chi connectivity index (χ1) is 9.13. The summed E-state index contributed by atoms with van der Waals surface area (Å²) in [5.74, 6) is 0.210. The lowest BCUT2D eigenvalue weighted by molar-refractivity contribution is -0.121. The summed E-state index contributed by atoms with van der Waals surface area (Å²) >= 11 is 3.50. The molecule has 1 N–H and O–H groups in total. The molecule has 1 unspecified atom stereocenters. The Morgan fingerprint density at radius 2 is 2.26 bits per heavy atom. The molecule has 0 spiro atoms. The number of nitrogens with one attached hydrogen (secondary N) is 1. The largest absolute Gasteiger partial charge is 0.311 e. The first-order valence-electron chi connectivity index (χ1n) is 6.94. The molecule has 1 aromatic rings. The summed E-state index contributed by atoms with van der Waals surface area (Å²) in [5, 5.41) is 3.35. The molecule has 1 saturated heterocycles. The fraction of sp³-hybridized carbons (Fsp3) is 0.533. The second-order valence-electron chi connectivity index (χ2n) is 5.07. The summed E-state index contributed by atoms with van der Waals surface area (Å²) in [5.41, 5.74) is 2.17. The molecule has 1 amide bonds. The van der Waals surface area contributed by atoms with Gasteiger partial charge in [-0.25, -0.2) is 0 Å². The van der Waals surface area contributed by atoms with Gasteiger partial charge in [-0.2, -0.15) is 0 Å². The number of hydrogen-bond acceptors (Lipinski definition) is 2. The van der Waals surface area contributed by atoms with Gasteiger partial charge in [-0.05, 0) is 56.5 Å². The number of rotatable bonds is 4. The molecule has 0 aliphatic carbocycles. The van der Waals surface area contributed by atoms with Crippen molar-refractivity contribution < 1.29 is 4.79 Å². The van der Waals surface area contributed by atoms with E-state index < -0.39 is 0 Å². The van der Waals surface area contributed by atoms with Crippen LogP contribution < -0.4 is 10.2 Å². The fourth-order valence-corrected chi connectivity index (χ4v) is 2.68. The number of nitrogens with zero attached hydrogens (tertiary/aromatic N) is 1. The zero-order chi connectivity index (χ0) is 13.8. The van der Waals surface area contributed by atoms with Gasteiger partial charge in [0.25, 0.3) is 0 Å². The van der Waals surface area contributed by atoms with Gasteiger partial charge in [0.05, 0.1) is 6.04 Å². The number of aryl methyl sites for hydroxylation is 1. The maximum Gasteiger partial charge on any atom is 0.244 e. The Hall–Kier alpha value is -0.870. The Bertz CT molecular complexity index is 461. The van der Waals surface area contributed by atoms with Crippen LogP contribution in [0, 0.1) is 6.92 Å². The smallest absolute Gasteiger partial charge is 0.244 e. The zero-order valence-electron chi connectivity index (χ0n) is 11.6. The van der Waals surface area contributed by atoms with Crippen LogP contribution in [-0.4, -0.2) is 25.0 Å². The number of amides is 1. The molecule has 1 heterocycles. The Kier molecular flexibility index (Phi) is 4.99. The molecular weight excluding hydrogens is 304 g/mol. The standard InChI is InChI=1S/C15H21BrN2O/c1-3-8-17-14-5-4-9-18(15(14)19)12-6-7-13(16)11(2)10-12/h6-7,10,14,17H,3-5,8-9H2,1-2H3. The number of piperidine rings is 1. The molecule has 0 bridgehead atoms. The fourth-order valence-electron chi connectivity index (χ4n) is 2.44. The highest BCUT2D eigenvalue weighted by Gasteiger charge is 2.29. The number of benzene rings is 1. The molecule has 0 aromatic heterocycles. The van der Waals surface area contributed by atoms with Crippen LogP contribution in [0.3, 0.4) is 0 Å². The number of anilines is 1. The number of carbonyl (C=O) groups excluding carboxylic acids is 1. The van der Waals surface area contributed by atoms with Gasteiger partial charge in [-0.3, -0.25) is 4.79 Å². The van der Waals surface area contributed by atoms with Crippen LogP contribution in [0.15, 0.2) is 22.7 Å². The van der Waals surface area contributed by atoms with Gasteiger partial charge >= 0.3 is 0 Å². The summed E-state index contributed by atoms with van der Waals surface area (Å²) in [7, 11) is 0. The van der Waals surface area contributed by atoms with Crippen LogP contribution >= 0.6 is 15.9 Å². The van der Waals surface area contributed by atoms with E-state index in [0.717, 1.165) is 48.1 Å². The van der Waals surface area contributed by atoms with Crippen molar-refractivity contribution in [1.29, 1.82) is 0 Å². The lowest BCUT2D eigenvalue weighted by Gasteiger charge is -2.33. The summed E-state index contributed by atoms with van der Waals surface area (Å²) in [6, 6.07) is 6.08. The first kappa shape index (κ1) is 14.5. The minimum Gasteiger partial charge on any atom is -0.311 e. The lowest BCUT2D eigenvalue weighted by atomic mass is 10.0. The van der Waals surface area contributed by atoms with Gasteiger partial charge < -0.3 is 10.2 Å². The van der Waals surface area contributed by atoms with E-state index in [1.165, 1.54) is 0 Å². The quantitative estimate of drug-likeness (QED) is 0.922. The van der Waals surface area contributed by atoms with Gasteiger partial charge in [-0.1, -0.05) is 22.9 Å². The van der Waals surface area contributed by atoms with E-state index in [0.29, 0.717) is 0 Å². The third kappa shape index (κ3) is 3.37. The summed E-state index contributed by atoms with van der Waals surface area (Å²) in [6.45, 7) is 5.90. The van der Waals surface area contributed by atoms with E-state index in [9.17, 15) is 4.79 Å². The second-order valence-corrected chi connectivity index (χ2v) is 5.93. The molecule has 1 aliphatic heterocycles. The van der Waals surface area contributed by atoms with E-state index in [2.05, 4.69) is 41.2 Å². The number of hydrogen-bond donors (Lipinski definition) is 1. The molecule has 1 aliphatic rings. The normalized spacial score (nSPS) is 19.8. The molecule has 0 radical (unpaired) electrons. The van der Waals surface area contributed by atoms with E-state index in [1.54, 1.807) is 0 Å². The van der Waals surface area contributed by atoms with Crippen molar-refractivity contribution in [2.75, 3.05) is 18.0 Å². The highest BCUT2D eigenvalue weighted by Crippen LogP contribution is 2.26. The van der Waals surface area contributed by atoms with Crippen molar-refractivity contribution in [2.24, 2.45) is 0 Å². The predicted octanol–water partition coefficient (Wildman–Crippen LogP) is 3.25. The van der Waals surface area contributed by atoms with Crippen LogP contribution in [0.25, 0.3) is 0 Å². The van der Waals surface area contributed by atoms with Crippen molar-refractivity contribution >= 4 is 27.5 Å². The minimum absolute atomic E-state index is 0.0161. The number of carbonyl (C=O) groups is 1. The molecule has 1 atom stereocenters. The molecule has 4 heteroatoms. The topological polar surface area (TPSA) is 32.3 Å². The summed E-state index contributed by atoms with van der Waals surface area (Å²) in [6.07, 6.45) is 3.06. The third-order valence-corrected chi connectivity index (χ3v) is 4.42. The van der Waals surface area contributed by atoms with Crippen molar-refractivity contribution in [3.8, 4) is 0 Å². The Labute approximate surface area is 123 Å². The Balaban J connectivity index is 2.14. The molecule has 104 valence electrons.